The number of nitrogens with zero attached hydrogens (tertiary/aromatic N) is 2. The minimum absolute atomic E-state index is 0.0636. The second kappa shape index (κ2) is 7.31. The zero-order valence-electron chi connectivity index (χ0n) is 12.9. The molecule has 9 heteroatoms. The second-order valence-corrected chi connectivity index (χ2v) is 6.53. The Bertz CT molecular complexity index is 846. The number of carbonyl (C=O) groups excluding carboxylic acids is 2. The summed E-state index contributed by atoms with van der Waals surface area (Å²) >= 11 is 23.3. The maximum atomic E-state index is 12.2. The largest absolute Gasteiger partial charge is 0.453 e. The minimum Gasteiger partial charge on any atom is -0.453 e. The molecule has 0 aromatic carbocycles. The van der Waals surface area contributed by atoms with E-state index >= 15 is 0 Å². The van der Waals surface area contributed by atoms with Crippen LogP contribution in [0.2, 0.25) is 20.2 Å². The summed E-state index contributed by atoms with van der Waals surface area (Å²) in [5.41, 5.74) is 1.88. The lowest BCUT2D eigenvalue weighted by molar-refractivity contribution is 0.0469. The van der Waals surface area contributed by atoms with Crippen molar-refractivity contribution in [2.75, 3.05) is 6.61 Å². The molecule has 0 aliphatic carbocycles. The summed E-state index contributed by atoms with van der Waals surface area (Å²) in [7, 11) is 1.84. The quantitative estimate of drug-likeness (QED) is 0.417. The number of rotatable bonds is 4. The van der Waals surface area contributed by atoms with E-state index in [1.165, 1.54) is 0 Å². The van der Waals surface area contributed by atoms with Crippen molar-refractivity contribution in [1.29, 1.82) is 0 Å². The Hall–Kier alpha value is -1.27. The number of esters is 1. The lowest BCUT2D eigenvalue weighted by Crippen LogP contribution is -2.16. The smallest absolute Gasteiger partial charge is 0.359 e. The topological polar surface area (TPSA) is 61.2 Å². The predicted octanol–water partition coefficient (Wildman–Crippen LogP) is 4.69. The van der Waals surface area contributed by atoms with Crippen LogP contribution in [0.15, 0.2) is 6.07 Å². The number of hydrogen-bond donors (Lipinski definition) is 0. The summed E-state index contributed by atoms with van der Waals surface area (Å²) in [6.07, 6.45) is 0. The molecule has 24 heavy (non-hydrogen) atoms. The Morgan fingerprint density at radius 2 is 1.75 bits per heavy atom. The van der Waals surface area contributed by atoms with E-state index in [-0.39, 0.29) is 31.7 Å². The molecule has 0 fully saturated rings. The fourth-order valence-electron chi connectivity index (χ4n) is 2.04. The third-order valence-electron chi connectivity index (χ3n) is 3.59. The molecule has 2 aromatic rings. The molecule has 0 unspecified atom stereocenters. The van der Waals surface area contributed by atoms with Crippen molar-refractivity contribution in [3.8, 4) is 0 Å². The number of halogens is 4. The van der Waals surface area contributed by atoms with Crippen LogP contribution in [0.5, 0.6) is 0 Å². The summed E-state index contributed by atoms with van der Waals surface area (Å²) in [6, 6.07) is 1.73. The monoisotopic (exact) mass is 408 g/mol. The van der Waals surface area contributed by atoms with Gasteiger partial charge in [-0.1, -0.05) is 46.4 Å². The molecule has 0 N–H and O–H groups in total. The van der Waals surface area contributed by atoms with Gasteiger partial charge in [-0.25, -0.2) is 9.78 Å². The molecule has 0 saturated carbocycles. The van der Waals surface area contributed by atoms with Crippen LogP contribution in [-0.2, 0) is 11.8 Å². The zero-order valence-corrected chi connectivity index (χ0v) is 15.9. The summed E-state index contributed by atoms with van der Waals surface area (Å²) in [6.45, 7) is 3.22. The van der Waals surface area contributed by atoms with E-state index in [0.717, 1.165) is 11.4 Å². The molecule has 128 valence electrons. The van der Waals surface area contributed by atoms with Gasteiger partial charge in [0.25, 0.3) is 0 Å². The Morgan fingerprint density at radius 1 is 1.12 bits per heavy atom. The Morgan fingerprint density at radius 3 is 2.29 bits per heavy atom. The fraction of sp³-hybridized carbons (Fsp3) is 0.267. The van der Waals surface area contributed by atoms with E-state index < -0.39 is 12.6 Å². The Labute approximate surface area is 158 Å². The SMILES string of the molecule is Cc1cc(C(=O)COC(=O)c2nc(Cl)c(Cl)c(Cl)c2Cl)c(C)n1C. The maximum absolute atomic E-state index is 12.2. The third kappa shape index (κ3) is 3.54. The molecule has 0 saturated heterocycles. The molecular formula is C15H12Cl4N2O3. The van der Waals surface area contributed by atoms with E-state index in [1.54, 1.807) is 13.0 Å². The summed E-state index contributed by atoms with van der Waals surface area (Å²) < 4.78 is 6.84. The average Bonchev–Trinajstić information content (AvgIpc) is 2.81. The van der Waals surface area contributed by atoms with Crippen LogP contribution in [0.25, 0.3) is 0 Å². The first-order chi connectivity index (χ1) is 11.1. The van der Waals surface area contributed by atoms with Crippen molar-refractivity contribution in [2.24, 2.45) is 7.05 Å². The Kier molecular flexibility index (Phi) is 5.81. The van der Waals surface area contributed by atoms with Gasteiger partial charge in [0.1, 0.15) is 5.15 Å². The van der Waals surface area contributed by atoms with E-state index in [4.69, 9.17) is 51.1 Å². The molecule has 0 spiro atoms. The van der Waals surface area contributed by atoms with Gasteiger partial charge in [0, 0.05) is 24.0 Å². The first kappa shape index (κ1) is 19.1. The third-order valence-corrected chi connectivity index (χ3v) is 5.27. The normalized spacial score (nSPS) is 10.8. The second-order valence-electron chi connectivity index (χ2n) is 5.04. The van der Waals surface area contributed by atoms with Crippen LogP contribution in [-0.4, -0.2) is 27.9 Å². The number of pyridine rings is 1. The van der Waals surface area contributed by atoms with E-state index in [0.29, 0.717) is 5.56 Å². The molecule has 2 rings (SSSR count). The zero-order chi connectivity index (χ0) is 18.2. The molecule has 0 radical (unpaired) electrons. The van der Waals surface area contributed by atoms with Crippen LogP contribution in [0, 0.1) is 13.8 Å². The van der Waals surface area contributed by atoms with Crippen LogP contribution < -0.4 is 0 Å². The van der Waals surface area contributed by atoms with E-state index in [9.17, 15) is 9.59 Å². The van der Waals surface area contributed by atoms with Gasteiger partial charge in [-0.05, 0) is 19.9 Å². The van der Waals surface area contributed by atoms with Crippen LogP contribution in [0.3, 0.4) is 0 Å². The summed E-state index contributed by atoms with van der Waals surface area (Å²) in [4.78, 5) is 28.1. The highest BCUT2D eigenvalue weighted by Gasteiger charge is 2.23. The number of Topliss-reactive ketones (excluding diaryl/α,β-unsaturated/α-hetero) is 1. The van der Waals surface area contributed by atoms with E-state index in [2.05, 4.69) is 4.98 Å². The van der Waals surface area contributed by atoms with Crippen molar-refractivity contribution in [2.45, 2.75) is 13.8 Å². The first-order valence-corrected chi connectivity index (χ1v) is 8.19. The van der Waals surface area contributed by atoms with Gasteiger partial charge < -0.3 is 9.30 Å². The van der Waals surface area contributed by atoms with Crippen molar-refractivity contribution in [1.82, 2.24) is 9.55 Å². The van der Waals surface area contributed by atoms with Crippen molar-refractivity contribution < 1.29 is 14.3 Å². The first-order valence-electron chi connectivity index (χ1n) is 6.68. The molecule has 0 bridgehead atoms. The highest BCUT2D eigenvalue weighted by molar-refractivity contribution is 6.52. The molecule has 2 aromatic heterocycles. The number of carbonyl (C=O) groups is 2. The van der Waals surface area contributed by atoms with Crippen molar-refractivity contribution in [3.05, 3.63) is 48.9 Å². The van der Waals surface area contributed by atoms with Gasteiger partial charge >= 0.3 is 5.97 Å². The van der Waals surface area contributed by atoms with Gasteiger partial charge in [0.05, 0.1) is 15.1 Å². The molecule has 0 amide bonds. The van der Waals surface area contributed by atoms with Crippen LogP contribution in [0.1, 0.15) is 32.2 Å². The maximum Gasteiger partial charge on any atom is 0.359 e. The minimum atomic E-state index is -0.917. The lowest BCUT2D eigenvalue weighted by Gasteiger charge is -2.08. The van der Waals surface area contributed by atoms with Gasteiger partial charge in [0.15, 0.2) is 12.3 Å². The molecule has 0 aliphatic heterocycles. The Balaban J connectivity index is 2.17. The van der Waals surface area contributed by atoms with Crippen molar-refractivity contribution >= 4 is 58.2 Å². The molecule has 2 heterocycles. The molecule has 0 atom stereocenters. The standard InChI is InChI=1S/C15H12Cl4N2O3/c1-6-4-8(7(2)21(6)3)9(22)5-24-15(23)13-11(17)10(16)12(18)14(19)20-13/h4H,5H2,1-3H3. The fourth-order valence-corrected chi connectivity index (χ4v) is 2.84. The van der Waals surface area contributed by atoms with Gasteiger partial charge in [-0.15, -0.1) is 0 Å². The number of aromatic nitrogens is 2. The van der Waals surface area contributed by atoms with Crippen molar-refractivity contribution in [3.63, 3.8) is 0 Å². The van der Waals surface area contributed by atoms with Gasteiger partial charge in [0.2, 0.25) is 5.78 Å². The molecule has 5 nitrogen and oxygen atoms in total. The summed E-state index contributed by atoms with van der Waals surface area (Å²) in [5.74, 6) is -1.26. The van der Waals surface area contributed by atoms with Crippen LogP contribution in [0.4, 0.5) is 0 Å². The summed E-state index contributed by atoms with van der Waals surface area (Å²) in [5, 5.41) is -0.536. The van der Waals surface area contributed by atoms with Gasteiger partial charge in [-0.3, -0.25) is 4.79 Å². The highest BCUT2D eigenvalue weighted by atomic mass is 35.5. The molecular weight excluding hydrogens is 398 g/mol. The highest BCUT2D eigenvalue weighted by Crippen LogP contribution is 2.36. The predicted molar refractivity (Wildman–Crippen MR) is 93.8 cm³/mol. The van der Waals surface area contributed by atoms with Gasteiger partial charge in [-0.2, -0.15) is 0 Å². The number of ether oxygens (including phenoxy) is 1. The number of aryl methyl sites for hydroxylation is 1. The number of ketones is 1. The molecule has 0 aliphatic rings. The van der Waals surface area contributed by atoms with E-state index in [1.807, 2.05) is 18.5 Å². The van der Waals surface area contributed by atoms with Crippen LogP contribution >= 0.6 is 46.4 Å². The average molecular weight is 410 g/mol. The number of hydrogen-bond acceptors (Lipinski definition) is 4. The lowest BCUT2D eigenvalue weighted by atomic mass is 10.1.